The second-order valence-electron chi connectivity index (χ2n) is 12.9. The molecule has 237 valence electrons. The first-order valence-corrected chi connectivity index (χ1v) is 18.9. The standard InChI is InChI=1S/C41H23N8.Al.ClH/c1-49-40-28-16-8-9-17-29(28)41(49)48-39-33-21-25-13-5-3-11-23(25)19-31(33)37(46-39)44-35-27-15-7-6-14-26(27)34(42-35)43-36-30-18-22-10-2-4-12-24(22)20-32(30)38(45-36)47-40;;/h2-21H,1H3;;1H/q-1;+2;/p-1. The zero-order chi connectivity index (χ0) is 33.8. The average molecular weight is 690 g/mol. The summed E-state index contributed by atoms with van der Waals surface area (Å²) in [7, 11) is 8.88. The molecule has 8 nitrogen and oxygen atoms in total. The maximum absolute atomic E-state index is 6.88. The van der Waals surface area contributed by atoms with Crippen molar-refractivity contribution in [3.63, 3.8) is 0 Å². The molecule has 0 saturated heterocycles. The maximum Gasteiger partial charge on any atom is 0.526 e. The number of rotatable bonds is 1. The number of aryl methyl sites for hydroxylation is 1. The molecule has 3 aromatic heterocycles. The molecule has 11 rings (SSSR count). The van der Waals surface area contributed by atoms with Crippen LogP contribution in [0.5, 0.6) is 0 Å². The lowest BCUT2D eigenvalue weighted by Crippen LogP contribution is -2.01. The summed E-state index contributed by atoms with van der Waals surface area (Å²) in [5.74, 6) is 2.35. The second kappa shape index (κ2) is 10.8. The molecule has 51 heavy (non-hydrogen) atoms. The Labute approximate surface area is 300 Å². The molecule has 0 unspecified atom stereocenters. The Morgan fingerprint density at radius 3 is 1.04 bits per heavy atom. The van der Waals surface area contributed by atoms with Crippen LogP contribution in [0.3, 0.4) is 0 Å². The zero-order valence-electron chi connectivity index (χ0n) is 27.1. The summed E-state index contributed by atoms with van der Waals surface area (Å²) in [6, 6.07) is 41.7. The van der Waals surface area contributed by atoms with Crippen molar-refractivity contribution in [3.05, 3.63) is 121 Å². The van der Waals surface area contributed by atoms with Crippen molar-refractivity contribution in [1.29, 1.82) is 0 Å². The first kappa shape index (κ1) is 28.8. The molecular formula is C41H23AlClN8. The van der Waals surface area contributed by atoms with E-state index in [0.717, 1.165) is 76.6 Å². The third-order valence-corrected chi connectivity index (χ3v) is 11.3. The van der Waals surface area contributed by atoms with Crippen LogP contribution in [0.15, 0.2) is 121 Å². The molecule has 8 bridgehead atoms. The van der Waals surface area contributed by atoms with Gasteiger partial charge in [0.25, 0.3) is 0 Å². The molecule has 10 heteroatoms. The maximum atomic E-state index is 6.88. The number of benzene rings is 6. The van der Waals surface area contributed by atoms with Gasteiger partial charge in [-0.1, -0.05) is 97.1 Å². The molecule has 0 aliphatic carbocycles. The van der Waals surface area contributed by atoms with E-state index in [1.54, 1.807) is 0 Å². The van der Waals surface area contributed by atoms with E-state index in [4.69, 9.17) is 40.0 Å². The van der Waals surface area contributed by atoms with E-state index in [1.165, 1.54) is 0 Å². The molecule has 0 atom stereocenters. The Hall–Kier alpha value is -5.98. The van der Waals surface area contributed by atoms with Crippen molar-refractivity contribution >= 4 is 90.2 Å². The molecule has 6 aromatic carbocycles. The van der Waals surface area contributed by atoms with Crippen LogP contribution >= 0.6 is 10.0 Å². The lowest BCUT2D eigenvalue weighted by Gasteiger charge is -2.04. The number of hydrogen-bond donors (Lipinski definition) is 0. The normalized spacial score (nSPS) is 12.1. The van der Waals surface area contributed by atoms with E-state index in [2.05, 4.69) is 84.9 Å². The lowest BCUT2D eigenvalue weighted by atomic mass is 10.0. The molecule has 2 aliphatic heterocycles. The van der Waals surface area contributed by atoms with Crippen LogP contribution in [-0.4, -0.2) is 52.5 Å². The molecule has 0 saturated carbocycles. The van der Waals surface area contributed by atoms with Crippen LogP contribution < -0.4 is 0 Å². The minimum atomic E-state index is -0.780. The van der Waals surface area contributed by atoms with Crippen molar-refractivity contribution in [3.8, 4) is 45.6 Å². The summed E-state index contributed by atoms with van der Waals surface area (Å²) < 4.78 is 4.06. The van der Waals surface area contributed by atoms with Crippen LogP contribution in [0.4, 0.5) is 0 Å². The molecule has 0 amide bonds. The van der Waals surface area contributed by atoms with Crippen molar-refractivity contribution in [1.82, 2.24) is 38.0 Å². The summed E-state index contributed by atoms with van der Waals surface area (Å²) in [6.45, 7) is 0. The molecule has 9 aromatic rings. The summed E-state index contributed by atoms with van der Waals surface area (Å²) in [6.07, 6.45) is 0. The third kappa shape index (κ3) is 4.20. The zero-order valence-corrected chi connectivity index (χ0v) is 29.0. The highest BCUT2D eigenvalue weighted by molar-refractivity contribution is 6.93. The first-order chi connectivity index (χ1) is 25.1. The summed E-state index contributed by atoms with van der Waals surface area (Å²) >= 11 is -0.780. The van der Waals surface area contributed by atoms with E-state index in [-0.39, 0.29) is 0 Å². The second-order valence-corrected chi connectivity index (χ2v) is 14.2. The molecule has 0 N–H and O–H groups in total. The van der Waals surface area contributed by atoms with Crippen LogP contribution in [0.2, 0.25) is 0 Å². The quantitative estimate of drug-likeness (QED) is 0.160. The minimum Gasteiger partial charge on any atom is -0.395 e. The fraction of sp³-hybridized carbons (Fsp3) is 0.0244. The van der Waals surface area contributed by atoms with Crippen LogP contribution in [0, 0.1) is 0 Å². The van der Waals surface area contributed by atoms with Gasteiger partial charge in [-0.3, -0.25) is 0 Å². The van der Waals surface area contributed by atoms with Crippen molar-refractivity contribution < 1.29 is 0 Å². The highest BCUT2D eigenvalue weighted by Gasteiger charge is 2.25. The van der Waals surface area contributed by atoms with Gasteiger partial charge in [0.05, 0.1) is 0 Å². The van der Waals surface area contributed by atoms with Crippen LogP contribution in [0.1, 0.15) is 0 Å². The van der Waals surface area contributed by atoms with E-state index < -0.39 is 14.5 Å². The van der Waals surface area contributed by atoms with Gasteiger partial charge >= 0.3 is 14.5 Å². The minimum absolute atomic E-state index is 0.580. The molecular weight excluding hydrogens is 667 g/mol. The van der Waals surface area contributed by atoms with Crippen LogP contribution in [-0.2, 0) is 7.05 Å². The van der Waals surface area contributed by atoms with E-state index in [1.807, 2.05) is 51.6 Å². The predicted octanol–water partition coefficient (Wildman–Crippen LogP) is 9.28. The van der Waals surface area contributed by atoms with Crippen molar-refractivity contribution in [2.45, 2.75) is 0 Å². The van der Waals surface area contributed by atoms with Gasteiger partial charge < -0.3 is 8.12 Å². The smallest absolute Gasteiger partial charge is 0.395 e. The highest BCUT2D eigenvalue weighted by Crippen LogP contribution is 2.40. The topological polar surface area (TPSA) is 87.2 Å². The van der Waals surface area contributed by atoms with E-state index in [9.17, 15) is 0 Å². The molecule has 1 radical (unpaired) electrons. The van der Waals surface area contributed by atoms with Gasteiger partial charge in [-0.15, -0.1) is 0 Å². The van der Waals surface area contributed by atoms with Gasteiger partial charge in [-0.25, -0.2) is 40.0 Å². The average Bonchev–Trinajstić information content (AvgIpc) is 3.85. The van der Waals surface area contributed by atoms with Gasteiger partial charge in [-0.05, 0) is 45.8 Å². The van der Waals surface area contributed by atoms with E-state index in [0.29, 0.717) is 34.6 Å². The van der Waals surface area contributed by atoms with Crippen molar-refractivity contribution in [2.75, 3.05) is 0 Å². The van der Waals surface area contributed by atoms with Gasteiger partial charge in [-0.2, -0.15) is 0 Å². The Bertz CT molecular complexity index is 2960. The van der Waals surface area contributed by atoms with Gasteiger partial charge in [0, 0.05) is 50.8 Å². The molecule has 2 aliphatic rings. The molecule has 5 heterocycles. The molecule has 0 fully saturated rings. The van der Waals surface area contributed by atoms with E-state index >= 15 is 0 Å². The largest absolute Gasteiger partial charge is 0.526 e. The Morgan fingerprint density at radius 2 is 0.706 bits per heavy atom. The lowest BCUT2D eigenvalue weighted by molar-refractivity contribution is 0.966. The number of hydrogen-bond acceptors (Lipinski definition) is 6. The monoisotopic (exact) mass is 689 g/mol. The first-order valence-electron chi connectivity index (χ1n) is 16.6. The van der Waals surface area contributed by atoms with Gasteiger partial charge in [0.2, 0.25) is 0 Å². The molecule has 0 spiro atoms. The summed E-state index contributed by atoms with van der Waals surface area (Å²) in [5, 5.41) is 8.24. The summed E-state index contributed by atoms with van der Waals surface area (Å²) in [5.41, 5.74) is 6.60. The number of aromatic nitrogens is 8. The third-order valence-electron chi connectivity index (χ3n) is 10.0. The number of nitrogens with zero attached hydrogens (tertiary/aromatic N) is 8. The Morgan fingerprint density at radius 1 is 0.412 bits per heavy atom. The predicted molar refractivity (Wildman–Crippen MR) is 206 cm³/mol. The fourth-order valence-corrected chi connectivity index (χ4v) is 8.70. The highest BCUT2D eigenvalue weighted by atomic mass is 35.6. The van der Waals surface area contributed by atoms with Gasteiger partial charge in [0.15, 0.2) is 23.3 Å². The Balaban J connectivity index is 1.38. The number of fused-ring (bicyclic) bond motifs is 22. The van der Waals surface area contributed by atoms with Crippen LogP contribution in [0.25, 0.3) is 111 Å². The summed E-state index contributed by atoms with van der Waals surface area (Å²) in [4.78, 5) is 31.6. The Kier molecular flexibility index (Phi) is 6.08. The SMILES string of the molecule is Cn1c2nc3nc(nc4c5ccccc5c(nc5nc(nc1c1ccccc12)-c1cc2ccccc2cc1-5)[n]4[Al][Cl])-c1cc2ccccc2cc1-3. The number of halogens is 1. The van der Waals surface area contributed by atoms with Crippen molar-refractivity contribution in [2.24, 2.45) is 7.05 Å². The van der Waals surface area contributed by atoms with Gasteiger partial charge in [0.1, 0.15) is 22.6 Å². The fourth-order valence-electron chi connectivity index (χ4n) is 7.56.